The van der Waals surface area contributed by atoms with Crippen LogP contribution in [0.25, 0.3) is 0 Å². The molecule has 1 atom stereocenters. The molecule has 1 unspecified atom stereocenters. The Labute approximate surface area is 70.8 Å². The fraction of sp³-hybridized carbons (Fsp3) is 1.00. The van der Waals surface area contributed by atoms with Crippen LogP contribution in [-0.4, -0.2) is 24.0 Å². The lowest BCUT2D eigenvalue weighted by Gasteiger charge is -2.23. The molecule has 0 aromatic carbocycles. The Balaban J connectivity index is 2.12. The highest BCUT2D eigenvalue weighted by molar-refractivity contribution is 4.72. The summed E-state index contributed by atoms with van der Waals surface area (Å²) in [5, 5.41) is 0. The maximum absolute atomic E-state index is 2.63. The van der Waals surface area contributed by atoms with Gasteiger partial charge in [0.1, 0.15) is 0 Å². The van der Waals surface area contributed by atoms with E-state index in [1.54, 1.807) is 0 Å². The van der Waals surface area contributed by atoms with Gasteiger partial charge >= 0.3 is 0 Å². The fourth-order valence-corrected chi connectivity index (χ4v) is 1.86. The second kappa shape index (κ2) is 4.76. The monoisotopic (exact) mass is 155 g/mol. The first-order valence-electron chi connectivity index (χ1n) is 5.08. The Bertz CT molecular complexity index is 95.0. The van der Waals surface area contributed by atoms with E-state index in [1.165, 1.54) is 45.2 Å². The molecule has 1 rings (SSSR count). The summed E-state index contributed by atoms with van der Waals surface area (Å²) in [7, 11) is 0. The fourth-order valence-electron chi connectivity index (χ4n) is 1.86. The minimum atomic E-state index is 0.845. The van der Waals surface area contributed by atoms with Crippen molar-refractivity contribution in [2.45, 2.75) is 52.0 Å². The van der Waals surface area contributed by atoms with Crippen LogP contribution in [0.1, 0.15) is 46.0 Å². The van der Waals surface area contributed by atoms with Gasteiger partial charge in [0.25, 0.3) is 0 Å². The average Bonchev–Trinajstić information content (AvgIpc) is 2.52. The molecule has 0 spiro atoms. The number of unbranched alkanes of at least 4 members (excludes halogenated alkanes) is 1. The largest absolute Gasteiger partial charge is 0.301 e. The van der Waals surface area contributed by atoms with Crippen molar-refractivity contribution in [2.24, 2.45) is 0 Å². The van der Waals surface area contributed by atoms with Crippen LogP contribution in [0.4, 0.5) is 0 Å². The Kier molecular flexibility index (Phi) is 3.92. The summed E-state index contributed by atoms with van der Waals surface area (Å²) in [6, 6.07) is 0.845. The highest BCUT2D eigenvalue weighted by Crippen LogP contribution is 2.15. The molecule has 1 saturated heterocycles. The molecule has 0 aromatic rings. The zero-order valence-electron chi connectivity index (χ0n) is 7.97. The van der Waals surface area contributed by atoms with E-state index >= 15 is 0 Å². The van der Waals surface area contributed by atoms with Crippen LogP contribution in [-0.2, 0) is 0 Å². The second-order valence-corrected chi connectivity index (χ2v) is 3.73. The van der Waals surface area contributed by atoms with Gasteiger partial charge in [0.2, 0.25) is 0 Å². The molecular weight excluding hydrogens is 134 g/mol. The predicted octanol–water partition coefficient (Wildman–Crippen LogP) is 2.66. The van der Waals surface area contributed by atoms with E-state index in [0.29, 0.717) is 0 Å². The number of nitrogens with zero attached hydrogens (tertiary/aromatic N) is 1. The molecule has 1 aliphatic heterocycles. The summed E-state index contributed by atoms with van der Waals surface area (Å²) in [6.45, 7) is 7.35. The summed E-state index contributed by atoms with van der Waals surface area (Å²) in [6.07, 6.45) is 7.00. The number of rotatable bonds is 4. The standard InChI is InChI=1S/C10H21N/c1-3-4-7-10(2)11-8-5-6-9-11/h10H,3-9H2,1-2H3. The summed E-state index contributed by atoms with van der Waals surface area (Å²) >= 11 is 0. The van der Waals surface area contributed by atoms with Gasteiger partial charge in [-0.3, -0.25) is 0 Å². The van der Waals surface area contributed by atoms with E-state index in [1.807, 2.05) is 0 Å². The van der Waals surface area contributed by atoms with Crippen molar-refractivity contribution in [3.8, 4) is 0 Å². The van der Waals surface area contributed by atoms with Gasteiger partial charge in [-0.25, -0.2) is 0 Å². The lowest BCUT2D eigenvalue weighted by atomic mass is 10.1. The first-order valence-corrected chi connectivity index (χ1v) is 5.08. The van der Waals surface area contributed by atoms with Crippen molar-refractivity contribution in [2.75, 3.05) is 13.1 Å². The summed E-state index contributed by atoms with van der Waals surface area (Å²) in [5.41, 5.74) is 0. The van der Waals surface area contributed by atoms with E-state index in [4.69, 9.17) is 0 Å². The Morgan fingerprint density at radius 3 is 2.45 bits per heavy atom. The van der Waals surface area contributed by atoms with Crippen LogP contribution in [0.2, 0.25) is 0 Å². The molecule has 0 N–H and O–H groups in total. The van der Waals surface area contributed by atoms with Gasteiger partial charge in [0.05, 0.1) is 0 Å². The van der Waals surface area contributed by atoms with Crippen molar-refractivity contribution in [3.05, 3.63) is 0 Å². The van der Waals surface area contributed by atoms with E-state index in [-0.39, 0.29) is 0 Å². The second-order valence-electron chi connectivity index (χ2n) is 3.73. The molecule has 66 valence electrons. The molecule has 1 nitrogen and oxygen atoms in total. The summed E-state index contributed by atoms with van der Waals surface area (Å²) in [4.78, 5) is 2.63. The Morgan fingerprint density at radius 1 is 1.27 bits per heavy atom. The van der Waals surface area contributed by atoms with Crippen molar-refractivity contribution >= 4 is 0 Å². The minimum Gasteiger partial charge on any atom is -0.301 e. The third-order valence-electron chi connectivity index (χ3n) is 2.74. The maximum atomic E-state index is 2.63. The SMILES string of the molecule is CCCCC(C)N1CCCC1. The molecule has 0 saturated carbocycles. The van der Waals surface area contributed by atoms with E-state index in [0.717, 1.165) is 6.04 Å². The molecule has 0 radical (unpaired) electrons. The molecule has 1 heterocycles. The third kappa shape index (κ3) is 2.82. The van der Waals surface area contributed by atoms with Gasteiger partial charge in [-0.05, 0) is 39.3 Å². The number of hydrogen-bond donors (Lipinski definition) is 0. The molecule has 0 bridgehead atoms. The molecule has 1 aliphatic rings. The van der Waals surface area contributed by atoms with Crippen molar-refractivity contribution in [1.29, 1.82) is 0 Å². The van der Waals surface area contributed by atoms with Crippen LogP contribution in [0.3, 0.4) is 0 Å². The first kappa shape index (κ1) is 9.05. The van der Waals surface area contributed by atoms with Crippen molar-refractivity contribution < 1.29 is 0 Å². The lowest BCUT2D eigenvalue weighted by Crippen LogP contribution is -2.29. The highest BCUT2D eigenvalue weighted by atomic mass is 15.2. The average molecular weight is 155 g/mol. The van der Waals surface area contributed by atoms with Gasteiger partial charge in [-0.15, -0.1) is 0 Å². The van der Waals surface area contributed by atoms with Crippen LogP contribution in [0, 0.1) is 0 Å². The number of likely N-dealkylation sites (tertiary alicyclic amines) is 1. The topological polar surface area (TPSA) is 3.24 Å². The zero-order valence-corrected chi connectivity index (χ0v) is 7.97. The number of hydrogen-bond acceptors (Lipinski definition) is 1. The van der Waals surface area contributed by atoms with Crippen LogP contribution < -0.4 is 0 Å². The van der Waals surface area contributed by atoms with Gasteiger partial charge in [-0.1, -0.05) is 19.8 Å². The van der Waals surface area contributed by atoms with E-state index in [2.05, 4.69) is 18.7 Å². The Morgan fingerprint density at radius 2 is 1.91 bits per heavy atom. The smallest absolute Gasteiger partial charge is 0.00669 e. The first-order chi connectivity index (χ1) is 5.34. The van der Waals surface area contributed by atoms with Crippen LogP contribution >= 0.6 is 0 Å². The summed E-state index contributed by atoms with van der Waals surface area (Å²) < 4.78 is 0. The predicted molar refractivity (Wildman–Crippen MR) is 49.8 cm³/mol. The molecule has 1 heteroatoms. The van der Waals surface area contributed by atoms with E-state index in [9.17, 15) is 0 Å². The molecular formula is C10H21N. The van der Waals surface area contributed by atoms with Gasteiger partial charge in [0.15, 0.2) is 0 Å². The van der Waals surface area contributed by atoms with Gasteiger partial charge in [-0.2, -0.15) is 0 Å². The normalized spacial score (nSPS) is 22.4. The van der Waals surface area contributed by atoms with Gasteiger partial charge in [0, 0.05) is 6.04 Å². The third-order valence-corrected chi connectivity index (χ3v) is 2.74. The lowest BCUT2D eigenvalue weighted by molar-refractivity contribution is 0.243. The molecule has 0 aromatic heterocycles. The molecule has 0 amide bonds. The van der Waals surface area contributed by atoms with Crippen LogP contribution in [0.15, 0.2) is 0 Å². The minimum absolute atomic E-state index is 0.845. The summed E-state index contributed by atoms with van der Waals surface area (Å²) in [5.74, 6) is 0. The maximum Gasteiger partial charge on any atom is 0.00669 e. The zero-order chi connectivity index (χ0) is 8.10. The molecule has 0 aliphatic carbocycles. The molecule has 1 fully saturated rings. The van der Waals surface area contributed by atoms with E-state index < -0.39 is 0 Å². The van der Waals surface area contributed by atoms with Crippen LogP contribution in [0.5, 0.6) is 0 Å². The quantitative estimate of drug-likeness (QED) is 0.603. The van der Waals surface area contributed by atoms with Crippen molar-refractivity contribution in [3.63, 3.8) is 0 Å². The van der Waals surface area contributed by atoms with Gasteiger partial charge < -0.3 is 4.90 Å². The van der Waals surface area contributed by atoms with Crippen molar-refractivity contribution in [1.82, 2.24) is 4.90 Å². The molecule has 11 heavy (non-hydrogen) atoms. The Hall–Kier alpha value is -0.0400. The highest BCUT2D eigenvalue weighted by Gasteiger charge is 2.16.